The van der Waals surface area contributed by atoms with Crippen LogP contribution < -0.4 is 4.74 Å². The minimum atomic E-state index is -0.588. The SMILES string of the molecule is COc1ccc(CN(CCc2ccccc2)C(=O)OC(C)(C)C)c(C=O)c1. The average Bonchev–Trinajstić information content (AvgIpc) is 2.64. The molecule has 0 N–H and O–H groups in total. The first-order valence-electron chi connectivity index (χ1n) is 8.96. The lowest BCUT2D eigenvalue weighted by Crippen LogP contribution is -2.37. The molecule has 0 aromatic heterocycles. The molecule has 0 spiro atoms. The molecule has 1 amide bonds. The number of amides is 1. The number of methoxy groups -OCH3 is 1. The van der Waals surface area contributed by atoms with Gasteiger partial charge < -0.3 is 14.4 Å². The van der Waals surface area contributed by atoms with Crippen molar-refractivity contribution in [1.82, 2.24) is 4.90 Å². The first-order valence-corrected chi connectivity index (χ1v) is 8.96. The Kier molecular flexibility index (Phi) is 6.99. The molecule has 0 saturated heterocycles. The molecule has 5 nitrogen and oxygen atoms in total. The summed E-state index contributed by atoms with van der Waals surface area (Å²) in [4.78, 5) is 25.8. The summed E-state index contributed by atoms with van der Waals surface area (Å²) in [7, 11) is 1.55. The van der Waals surface area contributed by atoms with Crippen molar-refractivity contribution >= 4 is 12.4 Å². The molecule has 0 aliphatic heterocycles. The number of nitrogens with zero attached hydrogens (tertiary/aromatic N) is 1. The molecule has 0 bridgehead atoms. The van der Waals surface area contributed by atoms with E-state index in [9.17, 15) is 9.59 Å². The zero-order valence-corrected chi connectivity index (χ0v) is 16.4. The maximum atomic E-state index is 12.7. The molecule has 5 heteroatoms. The number of benzene rings is 2. The van der Waals surface area contributed by atoms with Gasteiger partial charge in [0.25, 0.3) is 0 Å². The summed E-state index contributed by atoms with van der Waals surface area (Å²) in [6.45, 7) is 6.29. The maximum Gasteiger partial charge on any atom is 0.410 e. The van der Waals surface area contributed by atoms with Crippen LogP contribution in [0.2, 0.25) is 0 Å². The number of carbonyl (C=O) groups excluding carboxylic acids is 2. The Hall–Kier alpha value is -2.82. The number of ether oxygens (including phenoxy) is 2. The van der Waals surface area contributed by atoms with Crippen molar-refractivity contribution < 1.29 is 19.1 Å². The van der Waals surface area contributed by atoms with E-state index in [1.54, 1.807) is 24.1 Å². The van der Waals surface area contributed by atoms with Crippen LogP contribution in [-0.2, 0) is 17.7 Å². The second kappa shape index (κ2) is 9.21. The van der Waals surface area contributed by atoms with Crippen molar-refractivity contribution in [3.63, 3.8) is 0 Å². The van der Waals surface area contributed by atoms with Gasteiger partial charge in [-0.15, -0.1) is 0 Å². The molecule has 2 aromatic rings. The molecular formula is C22H27NO4. The highest BCUT2D eigenvalue weighted by molar-refractivity contribution is 5.78. The lowest BCUT2D eigenvalue weighted by Gasteiger charge is -2.28. The van der Waals surface area contributed by atoms with Gasteiger partial charge in [-0.2, -0.15) is 0 Å². The van der Waals surface area contributed by atoms with Crippen LogP contribution in [0.25, 0.3) is 0 Å². The molecule has 0 aliphatic carbocycles. The van der Waals surface area contributed by atoms with E-state index in [2.05, 4.69) is 0 Å². The Balaban J connectivity index is 2.20. The first kappa shape index (κ1) is 20.5. The van der Waals surface area contributed by atoms with E-state index in [4.69, 9.17) is 9.47 Å². The highest BCUT2D eigenvalue weighted by atomic mass is 16.6. The van der Waals surface area contributed by atoms with Gasteiger partial charge in [0.1, 0.15) is 11.4 Å². The molecule has 0 fully saturated rings. The van der Waals surface area contributed by atoms with Gasteiger partial charge in [0.2, 0.25) is 0 Å². The number of rotatable bonds is 7. The van der Waals surface area contributed by atoms with Crippen LogP contribution in [0.1, 0.15) is 42.3 Å². The van der Waals surface area contributed by atoms with Gasteiger partial charge in [-0.1, -0.05) is 36.4 Å². The molecule has 0 aliphatic rings. The molecule has 0 atom stereocenters. The smallest absolute Gasteiger partial charge is 0.410 e. The zero-order chi connectivity index (χ0) is 19.9. The Bertz CT molecular complexity index is 766. The van der Waals surface area contributed by atoms with Crippen LogP contribution in [0, 0.1) is 0 Å². The molecule has 0 unspecified atom stereocenters. The number of hydrogen-bond donors (Lipinski definition) is 0. The van der Waals surface area contributed by atoms with E-state index in [0.717, 1.165) is 17.4 Å². The third kappa shape index (κ3) is 6.44. The summed E-state index contributed by atoms with van der Waals surface area (Å²) in [5, 5.41) is 0. The van der Waals surface area contributed by atoms with Crippen LogP contribution in [0.3, 0.4) is 0 Å². The topological polar surface area (TPSA) is 55.8 Å². The molecule has 0 heterocycles. The minimum absolute atomic E-state index is 0.291. The van der Waals surface area contributed by atoms with Crippen LogP contribution in [0.15, 0.2) is 48.5 Å². The molecule has 144 valence electrons. The van der Waals surface area contributed by atoms with Crippen LogP contribution in [0.4, 0.5) is 4.79 Å². The summed E-state index contributed by atoms with van der Waals surface area (Å²) in [5.74, 6) is 0.606. The van der Waals surface area contributed by atoms with Crippen molar-refractivity contribution in [3.8, 4) is 5.75 Å². The van der Waals surface area contributed by atoms with Crippen molar-refractivity contribution in [1.29, 1.82) is 0 Å². The quantitative estimate of drug-likeness (QED) is 0.675. The predicted octanol–water partition coefficient (Wildman–Crippen LogP) is 4.49. The summed E-state index contributed by atoms with van der Waals surface area (Å²) in [5.41, 5.74) is 1.80. The second-order valence-corrected chi connectivity index (χ2v) is 7.32. The average molecular weight is 369 g/mol. The van der Waals surface area contributed by atoms with Crippen LogP contribution in [0.5, 0.6) is 5.75 Å². The Morgan fingerprint density at radius 1 is 1.11 bits per heavy atom. The lowest BCUT2D eigenvalue weighted by atomic mass is 10.1. The van der Waals surface area contributed by atoms with Gasteiger partial charge >= 0.3 is 6.09 Å². The third-order valence-electron chi connectivity index (χ3n) is 4.01. The van der Waals surface area contributed by atoms with Crippen molar-refractivity contribution in [2.24, 2.45) is 0 Å². The van der Waals surface area contributed by atoms with Gasteiger partial charge in [0, 0.05) is 18.7 Å². The van der Waals surface area contributed by atoms with Gasteiger partial charge in [0.15, 0.2) is 6.29 Å². The fraction of sp³-hybridized carbons (Fsp3) is 0.364. The van der Waals surface area contributed by atoms with Gasteiger partial charge in [0.05, 0.1) is 7.11 Å². The predicted molar refractivity (Wildman–Crippen MR) is 105 cm³/mol. The van der Waals surface area contributed by atoms with Crippen LogP contribution >= 0.6 is 0 Å². The monoisotopic (exact) mass is 369 g/mol. The minimum Gasteiger partial charge on any atom is -0.497 e. The highest BCUT2D eigenvalue weighted by Gasteiger charge is 2.23. The van der Waals surface area contributed by atoms with Gasteiger partial charge in [-0.3, -0.25) is 4.79 Å². The highest BCUT2D eigenvalue weighted by Crippen LogP contribution is 2.20. The van der Waals surface area contributed by atoms with Crippen molar-refractivity contribution in [2.45, 2.75) is 39.3 Å². The van der Waals surface area contributed by atoms with Gasteiger partial charge in [-0.25, -0.2) is 4.79 Å². The largest absolute Gasteiger partial charge is 0.497 e. The van der Waals surface area contributed by atoms with E-state index in [0.29, 0.717) is 30.8 Å². The van der Waals surface area contributed by atoms with E-state index >= 15 is 0 Å². The second-order valence-electron chi connectivity index (χ2n) is 7.32. The summed E-state index contributed by atoms with van der Waals surface area (Å²) >= 11 is 0. The van der Waals surface area contributed by atoms with E-state index in [-0.39, 0.29) is 0 Å². The summed E-state index contributed by atoms with van der Waals surface area (Å²) < 4.78 is 10.7. The number of carbonyl (C=O) groups is 2. The number of hydrogen-bond acceptors (Lipinski definition) is 4. The molecular weight excluding hydrogens is 342 g/mol. The standard InChI is InChI=1S/C22H27NO4/c1-22(2,3)27-21(25)23(13-12-17-8-6-5-7-9-17)15-18-10-11-20(26-4)14-19(18)16-24/h5-11,14,16H,12-13,15H2,1-4H3. The van der Waals surface area contributed by atoms with Crippen LogP contribution in [-0.4, -0.2) is 36.5 Å². The Morgan fingerprint density at radius 2 is 1.81 bits per heavy atom. The Labute approximate surface area is 160 Å². The van der Waals surface area contributed by atoms with E-state index < -0.39 is 11.7 Å². The first-order chi connectivity index (χ1) is 12.8. The summed E-state index contributed by atoms with van der Waals surface area (Å²) in [6, 6.07) is 15.2. The fourth-order valence-corrected chi connectivity index (χ4v) is 2.63. The number of aldehydes is 1. The Morgan fingerprint density at radius 3 is 2.41 bits per heavy atom. The normalized spacial score (nSPS) is 11.0. The zero-order valence-electron chi connectivity index (χ0n) is 16.4. The van der Waals surface area contributed by atoms with E-state index in [1.165, 1.54) is 0 Å². The summed E-state index contributed by atoms with van der Waals surface area (Å²) in [6.07, 6.45) is 1.08. The maximum absolute atomic E-state index is 12.7. The van der Waals surface area contributed by atoms with E-state index in [1.807, 2.05) is 57.2 Å². The molecule has 2 rings (SSSR count). The van der Waals surface area contributed by atoms with Crippen molar-refractivity contribution in [3.05, 3.63) is 65.2 Å². The fourth-order valence-electron chi connectivity index (χ4n) is 2.63. The lowest BCUT2D eigenvalue weighted by molar-refractivity contribution is 0.0235. The van der Waals surface area contributed by atoms with Crippen molar-refractivity contribution in [2.75, 3.05) is 13.7 Å². The molecule has 27 heavy (non-hydrogen) atoms. The van der Waals surface area contributed by atoms with Gasteiger partial charge in [-0.05, 0) is 50.5 Å². The third-order valence-corrected chi connectivity index (χ3v) is 4.01. The molecule has 0 saturated carbocycles. The molecule has 0 radical (unpaired) electrons. The molecule has 2 aromatic carbocycles.